The summed E-state index contributed by atoms with van der Waals surface area (Å²) < 4.78 is 0. The van der Waals surface area contributed by atoms with E-state index in [1.165, 1.54) is 5.56 Å². The normalized spacial score (nSPS) is 21.2. The van der Waals surface area contributed by atoms with Crippen molar-refractivity contribution in [1.82, 2.24) is 15.1 Å². The van der Waals surface area contributed by atoms with Crippen LogP contribution >= 0.6 is 11.6 Å². The van der Waals surface area contributed by atoms with Crippen molar-refractivity contribution in [3.63, 3.8) is 0 Å². The van der Waals surface area contributed by atoms with E-state index in [-0.39, 0.29) is 11.5 Å². The van der Waals surface area contributed by atoms with Gasteiger partial charge in [-0.15, -0.1) is 0 Å². The predicted molar refractivity (Wildman–Crippen MR) is 128 cm³/mol. The quantitative estimate of drug-likeness (QED) is 0.712. The van der Waals surface area contributed by atoms with Crippen molar-refractivity contribution in [3.8, 4) is 0 Å². The Balaban J connectivity index is 0.00000155. The fourth-order valence-corrected chi connectivity index (χ4v) is 4.65. The largest absolute Gasteiger partial charge is 0.337 e. The van der Waals surface area contributed by atoms with E-state index in [1.54, 1.807) is 0 Å². The number of halogens is 1. The molecule has 1 unspecified atom stereocenters. The third-order valence-electron chi connectivity index (χ3n) is 6.34. The number of hydrogen-bond acceptors (Lipinski definition) is 3. The lowest BCUT2D eigenvalue weighted by Crippen LogP contribution is -2.59. The van der Waals surface area contributed by atoms with Crippen LogP contribution in [0.25, 0.3) is 0 Å². The van der Waals surface area contributed by atoms with E-state index in [1.807, 2.05) is 19.9 Å². The van der Waals surface area contributed by atoms with Gasteiger partial charge < -0.3 is 10.2 Å². The lowest BCUT2D eigenvalue weighted by atomic mass is 9.83. The van der Waals surface area contributed by atoms with Crippen LogP contribution in [0.15, 0.2) is 18.2 Å². The topological polar surface area (TPSA) is 35.6 Å². The molecule has 170 valence electrons. The van der Waals surface area contributed by atoms with Crippen LogP contribution in [0.4, 0.5) is 0 Å². The van der Waals surface area contributed by atoms with Gasteiger partial charge in [0.2, 0.25) is 5.91 Å². The summed E-state index contributed by atoms with van der Waals surface area (Å²) >= 11 is 6.18. The summed E-state index contributed by atoms with van der Waals surface area (Å²) in [5.41, 5.74) is 2.49. The molecule has 4 nitrogen and oxygen atoms in total. The number of hydrogen-bond donors (Lipinski definition) is 1. The Bertz CT molecular complexity index is 679. The summed E-state index contributed by atoms with van der Waals surface area (Å²) in [6, 6.07) is 6.55. The highest BCUT2D eigenvalue weighted by Gasteiger charge is 2.38. The van der Waals surface area contributed by atoms with Crippen LogP contribution in [-0.2, 0) is 11.3 Å². The van der Waals surface area contributed by atoms with Gasteiger partial charge in [-0.2, -0.15) is 0 Å². The molecule has 0 spiro atoms. The minimum atomic E-state index is 0.0678. The van der Waals surface area contributed by atoms with Crippen LogP contribution in [0.5, 0.6) is 0 Å². The third kappa shape index (κ3) is 6.96. The Morgan fingerprint density at radius 1 is 1.17 bits per heavy atom. The van der Waals surface area contributed by atoms with Gasteiger partial charge in [0.15, 0.2) is 0 Å². The molecule has 0 radical (unpaired) electrons. The molecule has 1 amide bonds. The van der Waals surface area contributed by atoms with Gasteiger partial charge in [0, 0.05) is 43.7 Å². The standard InChI is InChI=1S/C23H36ClN3O.C2H6/c1-17-13-19(5-6-20(17)24)15-26-11-12-27(21(16-26)23(2,3)4)22(28)14-18-7-9-25-10-8-18;1-2/h5-6,13,18,21,25H,7-12,14-16H2,1-4H3;1-2H3. The average Bonchev–Trinajstić information content (AvgIpc) is 2.72. The number of carbonyl (C=O) groups is 1. The first-order valence-corrected chi connectivity index (χ1v) is 12.1. The minimum Gasteiger partial charge on any atom is -0.337 e. The number of benzene rings is 1. The Labute approximate surface area is 189 Å². The predicted octanol–water partition coefficient (Wildman–Crippen LogP) is 5.12. The zero-order chi connectivity index (χ0) is 22.3. The van der Waals surface area contributed by atoms with Crippen molar-refractivity contribution in [2.75, 3.05) is 32.7 Å². The monoisotopic (exact) mass is 435 g/mol. The molecular formula is C25H42ClN3O. The molecule has 1 aromatic rings. The van der Waals surface area contributed by atoms with Crippen LogP contribution in [0.2, 0.25) is 5.02 Å². The minimum absolute atomic E-state index is 0.0678. The van der Waals surface area contributed by atoms with Crippen molar-refractivity contribution in [2.24, 2.45) is 11.3 Å². The molecule has 5 heteroatoms. The summed E-state index contributed by atoms with van der Waals surface area (Å²) in [5.74, 6) is 0.901. The maximum Gasteiger partial charge on any atom is 0.223 e. The van der Waals surface area contributed by atoms with Gasteiger partial charge in [-0.25, -0.2) is 0 Å². The smallest absolute Gasteiger partial charge is 0.223 e. The number of nitrogens with zero attached hydrogens (tertiary/aromatic N) is 2. The first-order chi connectivity index (χ1) is 14.2. The Morgan fingerprint density at radius 3 is 2.43 bits per heavy atom. The van der Waals surface area contributed by atoms with Crippen LogP contribution in [0.3, 0.4) is 0 Å². The van der Waals surface area contributed by atoms with Crippen molar-refractivity contribution in [1.29, 1.82) is 0 Å². The molecule has 1 atom stereocenters. The molecule has 0 aliphatic carbocycles. The molecule has 0 aromatic heterocycles. The third-order valence-corrected chi connectivity index (χ3v) is 6.76. The molecule has 2 aliphatic rings. The van der Waals surface area contributed by atoms with E-state index in [9.17, 15) is 4.79 Å². The average molecular weight is 436 g/mol. The molecule has 0 bridgehead atoms. The molecule has 2 heterocycles. The Kier molecular flexibility index (Phi) is 9.65. The molecule has 1 aromatic carbocycles. The molecule has 2 fully saturated rings. The van der Waals surface area contributed by atoms with E-state index in [4.69, 9.17) is 11.6 Å². The second-order valence-corrected chi connectivity index (χ2v) is 10.1. The maximum atomic E-state index is 13.1. The molecule has 2 aliphatic heterocycles. The van der Waals surface area contributed by atoms with Gasteiger partial charge in [-0.3, -0.25) is 9.69 Å². The molecule has 3 rings (SSSR count). The van der Waals surface area contributed by atoms with Gasteiger partial charge in [0.05, 0.1) is 0 Å². The van der Waals surface area contributed by atoms with Gasteiger partial charge in [-0.05, 0) is 61.4 Å². The van der Waals surface area contributed by atoms with E-state index in [0.29, 0.717) is 18.2 Å². The Morgan fingerprint density at radius 2 is 1.83 bits per heavy atom. The first kappa shape index (κ1) is 25.2. The Hall–Kier alpha value is -1.10. The molecule has 0 saturated carbocycles. The highest BCUT2D eigenvalue weighted by molar-refractivity contribution is 6.31. The summed E-state index contributed by atoms with van der Waals surface area (Å²) in [5, 5.41) is 4.22. The van der Waals surface area contributed by atoms with Gasteiger partial charge in [-0.1, -0.05) is 58.4 Å². The highest BCUT2D eigenvalue weighted by Crippen LogP contribution is 2.30. The van der Waals surface area contributed by atoms with Crippen LogP contribution in [0, 0.1) is 18.3 Å². The summed E-state index contributed by atoms with van der Waals surface area (Å²) in [7, 11) is 0. The van der Waals surface area contributed by atoms with E-state index in [2.05, 4.69) is 54.9 Å². The molecule has 30 heavy (non-hydrogen) atoms. The maximum absolute atomic E-state index is 13.1. The molecule has 1 N–H and O–H groups in total. The number of aryl methyl sites for hydroxylation is 1. The molecular weight excluding hydrogens is 394 g/mol. The number of piperidine rings is 1. The van der Waals surface area contributed by atoms with E-state index < -0.39 is 0 Å². The van der Waals surface area contributed by atoms with Crippen LogP contribution in [0.1, 0.15) is 65.0 Å². The first-order valence-electron chi connectivity index (χ1n) is 11.7. The van der Waals surface area contributed by atoms with Crippen molar-refractivity contribution in [2.45, 2.75) is 73.4 Å². The second kappa shape index (κ2) is 11.5. The van der Waals surface area contributed by atoms with Crippen LogP contribution < -0.4 is 5.32 Å². The van der Waals surface area contributed by atoms with E-state index in [0.717, 1.165) is 62.7 Å². The molecule has 2 saturated heterocycles. The zero-order valence-electron chi connectivity index (χ0n) is 19.9. The van der Waals surface area contributed by atoms with Crippen molar-refractivity contribution >= 4 is 17.5 Å². The SMILES string of the molecule is CC.Cc1cc(CN2CCN(C(=O)CC3CCNCC3)C(C(C)(C)C)C2)ccc1Cl. The van der Waals surface area contributed by atoms with E-state index >= 15 is 0 Å². The highest BCUT2D eigenvalue weighted by atomic mass is 35.5. The second-order valence-electron chi connectivity index (χ2n) is 9.69. The lowest BCUT2D eigenvalue weighted by Gasteiger charge is -2.47. The van der Waals surface area contributed by atoms with Crippen LogP contribution in [-0.4, -0.2) is 54.5 Å². The van der Waals surface area contributed by atoms with Crippen molar-refractivity contribution < 1.29 is 4.79 Å². The fourth-order valence-electron chi connectivity index (χ4n) is 4.54. The number of rotatable bonds is 4. The zero-order valence-corrected chi connectivity index (χ0v) is 20.7. The summed E-state index contributed by atoms with van der Waals surface area (Å²) in [4.78, 5) is 17.8. The summed E-state index contributed by atoms with van der Waals surface area (Å²) in [6.07, 6.45) is 2.97. The van der Waals surface area contributed by atoms with Gasteiger partial charge >= 0.3 is 0 Å². The fraction of sp³-hybridized carbons (Fsp3) is 0.720. The number of nitrogens with one attached hydrogen (secondary N) is 1. The number of amides is 1. The van der Waals surface area contributed by atoms with Gasteiger partial charge in [0.1, 0.15) is 0 Å². The number of carbonyl (C=O) groups excluding carboxylic acids is 1. The lowest BCUT2D eigenvalue weighted by molar-refractivity contribution is -0.141. The van der Waals surface area contributed by atoms with Gasteiger partial charge in [0.25, 0.3) is 0 Å². The number of piperazine rings is 1. The van der Waals surface area contributed by atoms with Crippen molar-refractivity contribution in [3.05, 3.63) is 34.3 Å². The summed E-state index contributed by atoms with van der Waals surface area (Å²) in [6.45, 7) is 18.6.